The highest BCUT2D eigenvalue weighted by atomic mass is 19.1. The Labute approximate surface area is 323 Å². The highest BCUT2D eigenvalue weighted by molar-refractivity contribution is 5.92. The summed E-state index contributed by atoms with van der Waals surface area (Å²) in [5.41, 5.74) is 3.60. The molecule has 0 spiro atoms. The smallest absolute Gasteiger partial charge is 0.238 e. The minimum Gasteiger partial charge on any atom is -0.325 e. The van der Waals surface area contributed by atoms with Crippen molar-refractivity contribution in [2.75, 3.05) is 56.9 Å². The fraction of sp³-hybridized carbons (Fsp3) is 0.409. The van der Waals surface area contributed by atoms with Gasteiger partial charge in [-0.3, -0.25) is 29.2 Å². The van der Waals surface area contributed by atoms with Crippen LogP contribution in [0.15, 0.2) is 103 Å². The zero-order valence-corrected chi connectivity index (χ0v) is 31.7. The molecule has 0 atom stereocenters. The molecule has 292 valence electrons. The van der Waals surface area contributed by atoms with Crippen molar-refractivity contribution in [1.82, 2.24) is 19.6 Å². The molecule has 1 saturated carbocycles. The molecular weight excluding hydrogens is 702 g/mol. The molecule has 7 rings (SSSR count). The number of nitrogens with zero attached hydrogens (tertiary/aromatic N) is 4. The Morgan fingerprint density at radius 3 is 1.53 bits per heavy atom. The molecule has 2 aliphatic heterocycles. The summed E-state index contributed by atoms with van der Waals surface area (Å²) in [5, 5.41) is 5.65. The van der Waals surface area contributed by atoms with Crippen molar-refractivity contribution < 1.29 is 22.8 Å². The number of carbonyl (C=O) groups excluding carboxylic acids is 2. The summed E-state index contributed by atoms with van der Waals surface area (Å²) >= 11 is 0. The number of hydrogen-bond acceptors (Lipinski definition) is 6. The fourth-order valence-electron chi connectivity index (χ4n) is 7.61. The van der Waals surface area contributed by atoms with Gasteiger partial charge in [0.1, 0.15) is 17.5 Å². The predicted molar refractivity (Wildman–Crippen MR) is 212 cm³/mol. The molecule has 55 heavy (non-hydrogen) atoms. The first-order valence-corrected chi connectivity index (χ1v) is 19.5. The zero-order valence-electron chi connectivity index (χ0n) is 31.7. The van der Waals surface area contributed by atoms with Gasteiger partial charge < -0.3 is 10.6 Å². The largest absolute Gasteiger partial charge is 0.325 e. The Hall–Kier alpha value is -4.55. The van der Waals surface area contributed by atoms with Crippen LogP contribution in [0.4, 0.5) is 24.5 Å². The van der Waals surface area contributed by atoms with E-state index in [1.54, 1.807) is 36.4 Å². The first kappa shape index (κ1) is 40.1. The summed E-state index contributed by atoms with van der Waals surface area (Å²) in [4.78, 5) is 33.7. The second-order valence-corrected chi connectivity index (χ2v) is 15.1. The number of piperidine rings is 2. The Kier molecular flexibility index (Phi) is 14.5. The number of halogens is 3. The first-order valence-electron chi connectivity index (χ1n) is 19.5. The Morgan fingerprint density at radius 1 is 0.564 bits per heavy atom. The highest BCUT2D eigenvalue weighted by Gasteiger charge is 2.35. The SMILES string of the molecule is CN(Cc1ccccc1)C1CCN(CC(=O)Nc2ccc(F)cc2)CC1.O=C(CN1CCC(N(Cc2cccc(F)c2)C2CC2)CC1)Nc1ccc(F)cc1. The van der Waals surface area contributed by atoms with E-state index >= 15 is 0 Å². The lowest BCUT2D eigenvalue weighted by Crippen LogP contribution is -2.47. The molecular formula is C44H53F3N6O2. The maximum atomic E-state index is 13.5. The third-order valence-electron chi connectivity index (χ3n) is 10.7. The minimum atomic E-state index is -0.316. The van der Waals surface area contributed by atoms with Crippen molar-refractivity contribution in [3.63, 3.8) is 0 Å². The molecule has 0 radical (unpaired) electrons. The van der Waals surface area contributed by atoms with Gasteiger partial charge in [-0.05, 0) is 117 Å². The molecule has 3 aliphatic rings. The number of carbonyl (C=O) groups is 2. The van der Waals surface area contributed by atoms with E-state index < -0.39 is 0 Å². The van der Waals surface area contributed by atoms with Crippen LogP contribution in [-0.2, 0) is 22.7 Å². The van der Waals surface area contributed by atoms with E-state index in [-0.39, 0.29) is 29.3 Å². The second kappa shape index (κ2) is 19.9. The van der Waals surface area contributed by atoms with Crippen LogP contribution in [0, 0.1) is 17.5 Å². The third-order valence-corrected chi connectivity index (χ3v) is 10.7. The lowest BCUT2D eigenvalue weighted by molar-refractivity contribution is -0.118. The molecule has 11 heteroatoms. The molecule has 1 aliphatic carbocycles. The molecule has 2 saturated heterocycles. The fourth-order valence-corrected chi connectivity index (χ4v) is 7.61. The second-order valence-electron chi connectivity index (χ2n) is 15.1. The van der Waals surface area contributed by atoms with Crippen LogP contribution in [0.3, 0.4) is 0 Å². The van der Waals surface area contributed by atoms with Crippen LogP contribution >= 0.6 is 0 Å². The average Bonchev–Trinajstić information content (AvgIpc) is 4.03. The Balaban J connectivity index is 0.000000188. The summed E-state index contributed by atoms with van der Waals surface area (Å²) in [6.45, 7) is 6.04. The molecule has 2 heterocycles. The van der Waals surface area contributed by atoms with Crippen molar-refractivity contribution in [3.05, 3.63) is 132 Å². The lowest BCUT2D eigenvalue weighted by atomic mass is 10.0. The summed E-state index contributed by atoms with van der Waals surface area (Å²) < 4.78 is 39.4. The molecule has 0 unspecified atom stereocenters. The van der Waals surface area contributed by atoms with Crippen LogP contribution in [-0.4, -0.2) is 95.9 Å². The van der Waals surface area contributed by atoms with E-state index in [2.05, 4.69) is 61.5 Å². The number of rotatable bonds is 13. The minimum absolute atomic E-state index is 0.0484. The number of hydrogen-bond donors (Lipinski definition) is 2. The molecule has 8 nitrogen and oxygen atoms in total. The predicted octanol–water partition coefficient (Wildman–Crippen LogP) is 7.39. The Morgan fingerprint density at radius 2 is 1.04 bits per heavy atom. The van der Waals surface area contributed by atoms with Gasteiger partial charge in [-0.15, -0.1) is 0 Å². The van der Waals surface area contributed by atoms with Crippen LogP contribution in [0.1, 0.15) is 49.7 Å². The zero-order chi connectivity index (χ0) is 38.6. The van der Waals surface area contributed by atoms with Crippen molar-refractivity contribution in [1.29, 1.82) is 0 Å². The van der Waals surface area contributed by atoms with Gasteiger partial charge in [0.05, 0.1) is 13.1 Å². The number of amides is 2. The number of anilines is 2. The van der Waals surface area contributed by atoms with E-state index in [9.17, 15) is 22.8 Å². The number of likely N-dealkylation sites (tertiary alicyclic amines) is 2. The van der Waals surface area contributed by atoms with Crippen molar-refractivity contribution in [3.8, 4) is 0 Å². The van der Waals surface area contributed by atoms with Gasteiger partial charge in [0.15, 0.2) is 0 Å². The van der Waals surface area contributed by atoms with Gasteiger partial charge in [0.2, 0.25) is 11.8 Å². The van der Waals surface area contributed by atoms with Crippen LogP contribution < -0.4 is 10.6 Å². The first-order chi connectivity index (χ1) is 26.7. The van der Waals surface area contributed by atoms with E-state index in [4.69, 9.17) is 0 Å². The molecule has 2 N–H and O–H groups in total. The van der Waals surface area contributed by atoms with Gasteiger partial charge in [-0.2, -0.15) is 0 Å². The summed E-state index contributed by atoms with van der Waals surface area (Å²) in [7, 11) is 2.18. The molecule has 4 aromatic rings. The highest BCUT2D eigenvalue weighted by Crippen LogP contribution is 2.33. The van der Waals surface area contributed by atoms with Crippen molar-refractivity contribution in [2.24, 2.45) is 0 Å². The maximum absolute atomic E-state index is 13.5. The van der Waals surface area contributed by atoms with Crippen molar-refractivity contribution >= 4 is 23.2 Å². The van der Waals surface area contributed by atoms with Gasteiger partial charge in [0, 0.05) is 68.8 Å². The molecule has 2 amide bonds. The van der Waals surface area contributed by atoms with Crippen LogP contribution in [0.25, 0.3) is 0 Å². The van der Waals surface area contributed by atoms with Gasteiger partial charge in [0.25, 0.3) is 0 Å². The average molecular weight is 755 g/mol. The Bertz CT molecular complexity index is 1790. The topological polar surface area (TPSA) is 71.2 Å². The third kappa shape index (κ3) is 13.0. The molecule has 3 fully saturated rings. The molecule has 0 aromatic heterocycles. The van der Waals surface area contributed by atoms with Crippen LogP contribution in [0.2, 0.25) is 0 Å². The standard InChI is InChI=1S/C23H27F2N3O.C21H26FN3O/c24-18-4-6-20(7-5-18)26-23(29)16-27-12-10-22(11-13-27)28(21-8-9-21)15-17-2-1-3-19(25)14-17;1-24(15-17-5-3-2-4-6-17)20-11-13-25(14-12-20)16-21(26)23-19-9-7-18(22)8-10-19/h1-7,14,21-22H,8-13,15-16H2,(H,26,29);2-10,20H,11-16H2,1H3,(H,23,26). The van der Waals surface area contributed by atoms with E-state index in [0.717, 1.165) is 70.5 Å². The summed E-state index contributed by atoms with van der Waals surface area (Å²) in [5.74, 6) is -0.921. The maximum Gasteiger partial charge on any atom is 0.238 e. The van der Waals surface area contributed by atoms with Gasteiger partial charge in [-0.25, -0.2) is 13.2 Å². The number of nitrogens with one attached hydrogen (secondary N) is 2. The van der Waals surface area contributed by atoms with E-state index in [1.165, 1.54) is 48.7 Å². The van der Waals surface area contributed by atoms with Gasteiger partial charge in [-0.1, -0.05) is 42.5 Å². The quantitative estimate of drug-likeness (QED) is 0.149. The molecule has 0 bridgehead atoms. The van der Waals surface area contributed by atoms with E-state index in [1.807, 2.05) is 12.1 Å². The lowest BCUT2D eigenvalue weighted by Gasteiger charge is -2.38. The summed E-state index contributed by atoms with van der Waals surface area (Å²) in [6.07, 6.45) is 6.58. The normalized spacial score (nSPS) is 17.1. The van der Waals surface area contributed by atoms with Gasteiger partial charge >= 0.3 is 0 Å². The van der Waals surface area contributed by atoms with Crippen LogP contribution in [0.5, 0.6) is 0 Å². The van der Waals surface area contributed by atoms with E-state index in [0.29, 0.717) is 42.6 Å². The summed E-state index contributed by atoms with van der Waals surface area (Å²) in [6, 6.07) is 30.7. The monoisotopic (exact) mass is 754 g/mol. The van der Waals surface area contributed by atoms with Crippen molar-refractivity contribution in [2.45, 2.75) is 69.7 Å². The number of benzene rings is 4. The molecule has 4 aromatic carbocycles.